The molecule has 0 aliphatic carbocycles. The molecule has 2 rings (SSSR count). The van der Waals surface area contributed by atoms with Crippen molar-refractivity contribution in [3.8, 4) is 5.88 Å². The van der Waals surface area contributed by atoms with Crippen LogP contribution in [0.2, 0.25) is 0 Å². The van der Waals surface area contributed by atoms with Crippen LogP contribution in [0.5, 0.6) is 5.88 Å². The van der Waals surface area contributed by atoms with E-state index in [2.05, 4.69) is 20.6 Å². The average molecular weight is 383 g/mol. The predicted molar refractivity (Wildman–Crippen MR) is 112 cm³/mol. The van der Waals surface area contributed by atoms with Crippen molar-refractivity contribution in [1.82, 2.24) is 20.5 Å². The van der Waals surface area contributed by atoms with Gasteiger partial charge in [0, 0.05) is 45.0 Å². The number of carbonyl (C=O) groups is 1. The van der Waals surface area contributed by atoms with E-state index in [4.69, 9.17) is 4.74 Å². The third-order valence-corrected chi connectivity index (χ3v) is 4.06. The first-order valence-corrected chi connectivity index (χ1v) is 9.35. The van der Waals surface area contributed by atoms with E-state index in [1.807, 2.05) is 43.3 Å². The molecule has 0 spiro atoms. The summed E-state index contributed by atoms with van der Waals surface area (Å²) in [5.74, 6) is 1.34. The largest absolute Gasteiger partial charge is 0.481 e. The second-order valence-electron chi connectivity index (χ2n) is 6.48. The first kappa shape index (κ1) is 21.2. The first-order chi connectivity index (χ1) is 13.5. The maximum absolute atomic E-state index is 12.1. The van der Waals surface area contributed by atoms with Gasteiger partial charge in [0.05, 0.1) is 13.7 Å². The number of guanidine groups is 1. The summed E-state index contributed by atoms with van der Waals surface area (Å²) >= 11 is 0. The number of hydrogen-bond acceptors (Lipinski definition) is 4. The number of benzene rings is 1. The number of aromatic nitrogens is 1. The topological polar surface area (TPSA) is 78.9 Å². The lowest BCUT2D eigenvalue weighted by Crippen LogP contribution is -2.38. The van der Waals surface area contributed by atoms with Crippen LogP contribution in [-0.2, 0) is 13.0 Å². The van der Waals surface area contributed by atoms with Crippen LogP contribution in [-0.4, -0.2) is 56.0 Å². The van der Waals surface area contributed by atoms with Crippen LogP contribution >= 0.6 is 0 Å². The van der Waals surface area contributed by atoms with Gasteiger partial charge in [0.2, 0.25) is 5.88 Å². The van der Waals surface area contributed by atoms with Crippen molar-refractivity contribution >= 4 is 11.9 Å². The number of nitrogens with zero attached hydrogens (tertiary/aromatic N) is 3. The number of nitrogens with one attached hydrogen (secondary N) is 2. The molecule has 0 aliphatic heterocycles. The summed E-state index contributed by atoms with van der Waals surface area (Å²) in [5, 5.41) is 6.58. The molecule has 150 valence electrons. The molecule has 0 fully saturated rings. The molecule has 2 aromatic rings. The summed E-state index contributed by atoms with van der Waals surface area (Å²) < 4.78 is 5.15. The SMILES string of the molecule is CCNC(=NCc1ccnc(OC)c1)NCCc1cccc(C(=O)N(C)C)c1. The maximum atomic E-state index is 12.1. The standard InChI is InChI=1S/C21H29N5O2/c1-5-22-21(25-15-17-10-11-23-19(14-17)28-4)24-12-9-16-7-6-8-18(13-16)20(27)26(2)3/h6-8,10-11,13-14H,5,9,12,15H2,1-4H3,(H2,22,24,25). The number of pyridine rings is 1. The van der Waals surface area contributed by atoms with Crippen LogP contribution < -0.4 is 15.4 Å². The Bertz CT molecular complexity index is 805. The Morgan fingerprint density at radius 2 is 2.00 bits per heavy atom. The molecule has 0 bridgehead atoms. The van der Waals surface area contributed by atoms with Gasteiger partial charge in [-0.3, -0.25) is 4.79 Å². The smallest absolute Gasteiger partial charge is 0.253 e. The van der Waals surface area contributed by atoms with Crippen molar-refractivity contribution < 1.29 is 9.53 Å². The molecular formula is C21H29N5O2. The molecule has 0 atom stereocenters. The molecule has 0 saturated heterocycles. The zero-order valence-corrected chi connectivity index (χ0v) is 17.0. The summed E-state index contributed by atoms with van der Waals surface area (Å²) in [5.41, 5.74) is 2.84. The van der Waals surface area contributed by atoms with Crippen molar-refractivity contribution in [3.05, 3.63) is 59.3 Å². The molecule has 1 amide bonds. The summed E-state index contributed by atoms with van der Waals surface area (Å²) in [4.78, 5) is 22.4. The average Bonchev–Trinajstić information content (AvgIpc) is 2.71. The third-order valence-electron chi connectivity index (χ3n) is 4.06. The van der Waals surface area contributed by atoms with Crippen LogP contribution in [0.15, 0.2) is 47.6 Å². The Morgan fingerprint density at radius 1 is 1.18 bits per heavy atom. The van der Waals surface area contributed by atoms with Gasteiger partial charge in [-0.25, -0.2) is 9.98 Å². The fraction of sp³-hybridized carbons (Fsp3) is 0.381. The molecule has 1 heterocycles. The Labute approximate surface area is 166 Å². The van der Waals surface area contributed by atoms with Crippen molar-refractivity contribution in [1.29, 1.82) is 0 Å². The highest BCUT2D eigenvalue weighted by Crippen LogP contribution is 2.10. The van der Waals surface area contributed by atoms with E-state index in [-0.39, 0.29) is 5.91 Å². The highest BCUT2D eigenvalue weighted by Gasteiger charge is 2.08. The fourth-order valence-corrected chi connectivity index (χ4v) is 2.62. The summed E-state index contributed by atoms with van der Waals surface area (Å²) in [7, 11) is 5.12. The minimum absolute atomic E-state index is 0.0116. The van der Waals surface area contributed by atoms with E-state index >= 15 is 0 Å². The minimum atomic E-state index is 0.0116. The number of aliphatic imine (C=N–C) groups is 1. The summed E-state index contributed by atoms with van der Waals surface area (Å²) in [6, 6.07) is 11.5. The van der Waals surface area contributed by atoms with Crippen molar-refractivity contribution in [3.63, 3.8) is 0 Å². The zero-order valence-electron chi connectivity index (χ0n) is 17.0. The van der Waals surface area contributed by atoms with Gasteiger partial charge in [-0.2, -0.15) is 0 Å². The van der Waals surface area contributed by atoms with Gasteiger partial charge >= 0.3 is 0 Å². The molecule has 0 aliphatic rings. The minimum Gasteiger partial charge on any atom is -0.481 e. The van der Waals surface area contributed by atoms with Gasteiger partial charge in [-0.1, -0.05) is 12.1 Å². The number of rotatable bonds is 8. The highest BCUT2D eigenvalue weighted by molar-refractivity contribution is 5.94. The molecule has 2 N–H and O–H groups in total. The van der Waals surface area contributed by atoms with Crippen LogP contribution in [0.25, 0.3) is 0 Å². The van der Waals surface area contributed by atoms with Crippen molar-refractivity contribution in [2.45, 2.75) is 19.9 Å². The number of methoxy groups -OCH3 is 1. The Morgan fingerprint density at radius 3 is 2.71 bits per heavy atom. The van der Waals surface area contributed by atoms with E-state index in [1.165, 1.54) is 0 Å². The molecular weight excluding hydrogens is 354 g/mol. The number of carbonyl (C=O) groups excluding carboxylic acids is 1. The van der Waals surface area contributed by atoms with Crippen LogP contribution in [0.3, 0.4) is 0 Å². The molecule has 7 heteroatoms. The van der Waals surface area contributed by atoms with Crippen LogP contribution in [0.1, 0.15) is 28.4 Å². The molecule has 28 heavy (non-hydrogen) atoms. The van der Waals surface area contributed by atoms with Crippen molar-refractivity contribution in [2.75, 3.05) is 34.3 Å². The van der Waals surface area contributed by atoms with Gasteiger partial charge in [0.15, 0.2) is 5.96 Å². The van der Waals surface area contributed by atoms with Gasteiger partial charge in [0.1, 0.15) is 0 Å². The summed E-state index contributed by atoms with van der Waals surface area (Å²) in [6.45, 7) is 4.05. The normalized spacial score (nSPS) is 11.1. The number of amides is 1. The van der Waals surface area contributed by atoms with Crippen molar-refractivity contribution in [2.24, 2.45) is 4.99 Å². The summed E-state index contributed by atoms with van der Waals surface area (Å²) in [6.07, 6.45) is 2.51. The van der Waals surface area contributed by atoms with Gasteiger partial charge in [-0.15, -0.1) is 0 Å². The number of hydrogen-bond donors (Lipinski definition) is 2. The number of ether oxygens (including phenoxy) is 1. The van der Waals surface area contributed by atoms with Crippen LogP contribution in [0, 0.1) is 0 Å². The first-order valence-electron chi connectivity index (χ1n) is 9.35. The second kappa shape index (κ2) is 10.9. The molecule has 1 aromatic heterocycles. The molecule has 1 aromatic carbocycles. The Kier molecular flexibility index (Phi) is 8.27. The molecule has 7 nitrogen and oxygen atoms in total. The second-order valence-corrected chi connectivity index (χ2v) is 6.48. The van der Waals surface area contributed by atoms with E-state index in [0.717, 1.165) is 30.1 Å². The van der Waals surface area contributed by atoms with Gasteiger partial charge in [-0.05, 0) is 42.7 Å². The van der Waals surface area contributed by atoms with Gasteiger partial charge < -0.3 is 20.3 Å². The predicted octanol–water partition coefficient (Wildman–Crippen LogP) is 2.09. The lowest BCUT2D eigenvalue weighted by atomic mass is 10.1. The van der Waals surface area contributed by atoms with E-state index in [9.17, 15) is 4.79 Å². The van der Waals surface area contributed by atoms with Gasteiger partial charge in [0.25, 0.3) is 5.91 Å². The third kappa shape index (κ3) is 6.57. The Balaban J connectivity index is 1.94. The van der Waals surface area contributed by atoms with E-state index in [0.29, 0.717) is 24.5 Å². The monoisotopic (exact) mass is 383 g/mol. The molecule has 0 unspecified atom stereocenters. The Hall–Kier alpha value is -3.09. The lowest BCUT2D eigenvalue weighted by molar-refractivity contribution is 0.0827. The molecule has 0 saturated carbocycles. The zero-order chi connectivity index (χ0) is 20.4. The van der Waals surface area contributed by atoms with E-state index < -0.39 is 0 Å². The van der Waals surface area contributed by atoms with Crippen LogP contribution in [0.4, 0.5) is 0 Å². The highest BCUT2D eigenvalue weighted by atomic mass is 16.5. The molecule has 0 radical (unpaired) electrons. The lowest BCUT2D eigenvalue weighted by Gasteiger charge is -2.13. The van der Waals surface area contributed by atoms with E-state index in [1.54, 1.807) is 32.3 Å². The maximum Gasteiger partial charge on any atom is 0.253 e. The quantitative estimate of drug-likeness (QED) is 0.539. The fourth-order valence-electron chi connectivity index (χ4n) is 2.62.